The van der Waals surface area contributed by atoms with Gasteiger partial charge in [0.15, 0.2) is 0 Å². The van der Waals surface area contributed by atoms with Crippen molar-refractivity contribution in [3.05, 3.63) is 54.4 Å². The summed E-state index contributed by atoms with van der Waals surface area (Å²) in [7, 11) is 1.47. The summed E-state index contributed by atoms with van der Waals surface area (Å²) in [5.74, 6) is 1.70. The molecule has 3 aliphatic rings. The van der Waals surface area contributed by atoms with Crippen molar-refractivity contribution >= 4 is 17.5 Å². The summed E-state index contributed by atoms with van der Waals surface area (Å²) in [6, 6.07) is 7.31. The quantitative estimate of drug-likeness (QED) is 0.693. The lowest BCUT2D eigenvalue weighted by molar-refractivity contribution is -0.119. The van der Waals surface area contributed by atoms with E-state index in [1.54, 1.807) is 29.2 Å². The van der Waals surface area contributed by atoms with Crippen LogP contribution < -0.4 is 10.6 Å². The standard InChI is InChI=1S/C23H26N4O3/c1-30-14-21(28)26-18-12-25-27(13-18)19-5-2-15(3-6-19)22(29)24-11-16-10-17-4-7-20(16)23(17)8-9-23/h2-7,12-13,16-17,20H,8-11,14H2,1H3,(H,24,29)(H,26,28)/t16-,17-,20-/m1/s1. The Bertz CT molecular complexity index is 990. The molecule has 1 spiro atoms. The number of amides is 2. The monoisotopic (exact) mass is 406 g/mol. The average molecular weight is 406 g/mol. The number of carbonyl (C=O) groups is 2. The van der Waals surface area contributed by atoms with E-state index < -0.39 is 0 Å². The highest BCUT2D eigenvalue weighted by Gasteiger charge is 2.62. The molecule has 2 aromatic rings. The predicted molar refractivity (Wildman–Crippen MR) is 112 cm³/mol. The number of hydrogen-bond donors (Lipinski definition) is 2. The van der Waals surface area contributed by atoms with E-state index >= 15 is 0 Å². The van der Waals surface area contributed by atoms with Crippen LogP contribution in [0, 0.1) is 23.2 Å². The van der Waals surface area contributed by atoms with E-state index in [2.05, 4.69) is 27.9 Å². The minimum atomic E-state index is -0.234. The Kier molecular flexibility index (Phi) is 4.70. The summed E-state index contributed by atoms with van der Waals surface area (Å²) in [4.78, 5) is 24.2. The molecular weight excluding hydrogens is 380 g/mol. The van der Waals surface area contributed by atoms with E-state index in [-0.39, 0.29) is 18.4 Å². The minimum absolute atomic E-state index is 0.00544. The Labute approximate surface area is 175 Å². The summed E-state index contributed by atoms with van der Waals surface area (Å²) in [5, 5.41) is 10.1. The van der Waals surface area contributed by atoms with Gasteiger partial charge in [0, 0.05) is 19.2 Å². The van der Waals surface area contributed by atoms with E-state index in [0.717, 1.165) is 18.2 Å². The molecule has 7 heteroatoms. The second-order valence-electron chi connectivity index (χ2n) is 8.66. The van der Waals surface area contributed by atoms with Gasteiger partial charge < -0.3 is 15.4 Å². The molecule has 2 N–H and O–H groups in total. The molecule has 5 rings (SSSR count). The van der Waals surface area contributed by atoms with Gasteiger partial charge in [0.1, 0.15) is 6.61 Å². The zero-order chi connectivity index (χ0) is 20.7. The van der Waals surface area contributed by atoms with Gasteiger partial charge in [0.2, 0.25) is 5.91 Å². The molecule has 2 fully saturated rings. The van der Waals surface area contributed by atoms with Gasteiger partial charge in [-0.1, -0.05) is 12.2 Å². The lowest BCUT2D eigenvalue weighted by Crippen LogP contribution is -2.31. The number of rotatable bonds is 7. The van der Waals surface area contributed by atoms with E-state index in [1.165, 1.54) is 26.4 Å². The van der Waals surface area contributed by atoms with Crippen LogP contribution in [0.4, 0.5) is 5.69 Å². The maximum absolute atomic E-state index is 12.6. The zero-order valence-corrected chi connectivity index (χ0v) is 17.0. The van der Waals surface area contributed by atoms with Crippen LogP contribution >= 0.6 is 0 Å². The van der Waals surface area contributed by atoms with Gasteiger partial charge >= 0.3 is 0 Å². The Morgan fingerprint density at radius 2 is 2.03 bits per heavy atom. The highest BCUT2D eigenvalue weighted by Crippen LogP contribution is 2.69. The van der Waals surface area contributed by atoms with Crippen LogP contribution in [-0.4, -0.2) is 41.9 Å². The highest BCUT2D eigenvalue weighted by molar-refractivity contribution is 5.94. The van der Waals surface area contributed by atoms with Crippen LogP contribution in [0.5, 0.6) is 0 Å². The van der Waals surface area contributed by atoms with Gasteiger partial charge in [0.05, 0.1) is 23.8 Å². The Morgan fingerprint density at radius 3 is 2.73 bits per heavy atom. The fraction of sp³-hybridized carbons (Fsp3) is 0.435. The average Bonchev–Trinajstić information content (AvgIpc) is 3.19. The minimum Gasteiger partial charge on any atom is -0.375 e. The largest absolute Gasteiger partial charge is 0.375 e. The molecule has 1 aromatic heterocycles. The summed E-state index contributed by atoms with van der Waals surface area (Å²) in [6.45, 7) is 0.742. The van der Waals surface area contributed by atoms with Crippen molar-refractivity contribution in [3.8, 4) is 5.69 Å². The molecule has 2 saturated carbocycles. The second-order valence-corrected chi connectivity index (χ2v) is 8.66. The fourth-order valence-electron chi connectivity index (χ4n) is 5.30. The number of ether oxygens (including phenoxy) is 1. The van der Waals surface area contributed by atoms with Gasteiger partial charge in [-0.2, -0.15) is 5.10 Å². The van der Waals surface area contributed by atoms with Crippen molar-refractivity contribution in [1.29, 1.82) is 0 Å². The normalized spacial score (nSPS) is 24.9. The van der Waals surface area contributed by atoms with E-state index in [1.807, 2.05) is 12.1 Å². The summed E-state index contributed by atoms with van der Waals surface area (Å²) >= 11 is 0. The summed E-state index contributed by atoms with van der Waals surface area (Å²) < 4.78 is 6.46. The molecule has 3 aliphatic carbocycles. The molecular formula is C23H26N4O3. The van der Waals surface area contributed by atoms with Gasteiger partial charge in [-0.25, -0.2) is 4.68 Å². The molecule has 3 atom stereocenters. The Hall–Kier alpha value is -2.93. The molecule has 0 saturated heterocycles. The lowest BCUT2D eigenvalue weighted by atomic mass is 9.89. The van der Waals surface area contributed by atoms with Crippen molar-refractivity contribution in [1.82, 2.24) is 15.1 Å². The molecule has 7 nitrogen and oxygen atoms in total. The molecule has 156 valence electrons. The first-order valence-corrected chi connectivity index (χ1v) is 10.5. The number of carbonyl (C=O) groups excluding carboxylic acids is 2. The Balaban J connectivity index is 1.17. The van der Waals surface area contributed by atoms with Crippen molar-refractivity contribution < 1.29 is 14.3 Å². The number of nitrogens with one attached hydrogen (secondary N) is 2. The third-order valence-electron chi connectivity index (χ3n) is 6.91. The molecule has 0 unspecified atom stereocenters. The van der Waals surface area contributed by atoms with Crippen LogP contribution in [0.3, 0.4) is 0 Å². The fourth-order valence-corrected chi connectivity index (χ4v) is 5.30. The van der Waals surface area contributed by atoms with Crippen molar-refractivity contribution in [2.24, 2.45) is 23.2 Å². The second kappa shape index (κ2) is 7.40. The maximum Gasteiger partial charge on any atom is 0.251 e. The van der Waals surface area contributed by atoms with Crippen molar-refractivity contribution in [3.63, 3.8) is 0 Å². The zero-order valence-electron chi connectivity index (χ0n) is 17.0. The third-order valence-corrected chi connectivity index (χ3v) is 6.91. The molecule has 0 radical (unpaired) electrons. The molecule has 0 aliphatic heterocycles. The highest BCUT2D eigenvalue weighted by atomic mass is 16.5. The number of allylic oxidation sites excluding steroid dienone is 2. The van der Waals surface area contributed by atoms with Gasteiger partial charge in [-0.05, 0) is 66.7 Å². The molecule has 1 heterocycles. The first-order chi connectivity index (χ1) is 14.6. The van der Waals surface area contributed by atoms with Gasteiger partial charge in [-0.15, -0.1) is 0 Å². The topological polar surface area (TPSA) is 85.2 Å². The van der Waals surface area contributed by atoms with Gasteiger partial charge in [-0.3, -0.25) is 9.59 Å². The lowest BCUT2D eigenvalue weighted by Gasteiger charge is -2.20. The molecule has 30 heavy (non-hydrogen) atoms. The van der Waals surface area contributed by atoms with E-state index in [9.17, 15) is 9.59 Å². The van der Waals surface area contributed by atoms with Crippen LogP contribution in [0.2, 0.25) is 0 Å². The van der Waals surface area contributed by atoms with Crippen LogP contribution in [0.15, 0.2) is 48.8 Å². The van der Waals surface area contributed by atoms with Gasteiger partial charge in [0.25, 0.3) is 5.91 Å². The molecule has 2 bridgehead atoms. The van der Waals surface area contributed by atoms with E-state index in [0.29, 0.717) is 28.5 Å². The summed E-state index contributed by atoms with van der Waals surface area (Å²) in [5.41, 5.74) is 2.60. The summed E-state index contributed by atoms with van der Waals surface area (Å²) in [6.07, 6.45) is 12.0. The van der Waals surface area contributed by atoms with E-state index in [4.69, 9.17) is 4.74 Å². The number of hydrogen-bond acceptors (Lipinski definition) is 4. The van der Waals surface area contributed by atoms with Crippen LogP contribution in [0.25, 0.3) is 5.69 Å². The maximum atomic E-state index is 12.6. The Morgan fingerprint density at radius 1 is 1.23 bits per heavy atom. The van der Waals surface area contributed by atoms with Crippen molar-refractivity contribution in [2.45, 2.75) is 19.3 Å². The van der Waals surface area contributed by atoms with Crippen LogP contribution in [-0.2, 0) is 9.53 Å². The number of aromatic nitrogens is 2. The van der Waals surface area contributed by atoms with Crippen molar-refractivity contribution in [2.75, 3.05) is 25.6 Å². The molecule has 1 aromatic carbocycles. The smallest absolute Gasteiger partial charge is 0.251 e. The first-order valence-electron chi connectivity index (χ1n) is 10.5. The number of nitrogens with zero attached hydrogens (tertiary/aromatic N) is 2. The molecule has 2 amide bonds. The first kappa shape index (κ1) is 19.1. The number of benzene rings is 1. The predicted octanol–water partition coefficient (Wildman–Crippen LogP) is 2.79. The third kappa shape index (κ3) is 3.33. The number of methoxy groups -OCH3 is 1. The van der Waals surface area contributed by atoms with Crippen LogP contribution in [0.1, 0.15) is 29.6 Å². The number of anilines is 1. The SMILES string of the molecule is COCC(=O)Nc1cnn(-c2ccc(C(=O)NC[C@H]3C[C@H]4C=C[C@H]3C43CC3)cc2)c1.